The molecule has 1 fully saturated rings. The number of hydrogen-bond donors (Lipinski definition) is 1. The van der Waals surface area contributed by atoms with Gasteiger partial charge in [0, 0.05) is 18.8 Å². The number of hydrogen-bond acceptors (Lipinski definition) is 4. The molecule has 0 aliphatic carbocycles. The van der Waals surface area contributed by atoms with E-state index in [0.29, 0.717) is 0 Å². The fourth-order valence-corrected chi connectivity index (χ4v) is 2.61. The summed E-state index contributed by atoms with van der Waals surface area (Å²) in [7, 11) is 0. The minimum atomic E-state index is -0.413. The number of benzene rings is 1. The fourth-order valence-electron chi connectivity index (χ4n) is 2.61. The van der Waals surface area contributed by atoms with Crippen molar-refractivity contribution in [2.75, 3.05) is 18.0 Å². The van der Waals surface area contributed by atoms with Crippen molar-refractivity contribution in [1.29, 1.82) is 0 Å². The highest BCUT2D eigenvalue weighted by atomic mass is 16.6. The topological polar surface area (TPSA) is 49.8 Å². The highest BCUT2D eigenvalue weighted by Gasteiger charge is 2.29. The molecule has 4 nitrogen and oxygen atoms in total. The van der Waals surface area contributed by atoms with Gasteiger partial charge in [-0.3, -0.25) is 4.79 Å². The molecule has 21 heavy (non-hydrogen) atoms. The summed E-state index contributed by atoms with van der Waals surface area (Å²) in [5, 5.41) is 9.20. The number of esters is 1. The smallest absolute Gasteiger partial charge is 0.309 e. The Morgan fingerprint density at radius 2 is 2.00 bits per heavy atom. The third-order valence-electron chi connectivity index (χ3n) is 3.69. The van der Waals surface area contributed by atoms with E-state index < -0.39 is 5.60 Å². The Bertz CT molecular complexity index is 485. The molecule has 0 spiro atoms. The lowest BCUT2D eigenvalue weighted by Gasteiger charge is -2.34. The molecule has 0 amide bonds. The van der Waals surface area contributed by atoms with Gasteiger partial charge in [-0.1, -0.05) is 12.1 Å². The number of anilines is 1. The Labute approximate surface area is 126 Å². The SMILES string of the molecule is CC(C)(C)OC(=O)C1CCN(c2cccc(CO)c2)CC1. The molecule has 1 heterocycles. The van der Waals surface area contributed by atoms with Crippen LogP contribution in [0.5, 0.6) is 0 Å². The summed E-state index contributed by atoms with van der Waals surface area (Å²) in [6, 6.07) is 7.93. The van der Waals surface area contributed by atoms with Gasteiger partial charge in [0.15, 0.2) is 0 Å². The van der Waals surface area contributed by atoms with Crippen LogP contribution in [-0.2, 0) is 16.1 Å². The first-order chi connectivity index (χ1) is 9.89. The minimum absolute atomic E-state index is 0.00139. The number of nitrogens with zero attached hydrogens (tertiary/aromatic N) is 1. The number of aliphatic hydroxyl groups excluding tert-OH is 1. The van der Waals surface area contributed by atoms with Gasteiger partial charge in [0.1, 0.15) is 5.60 Å². The van der Waals surface area contributed by atoms with Crippen LogP contribution in [0.15, 0.2) is 24.3 Å². The van der Waals surface area contributed by atoms with Crippen LogP contribution in [0.1, 0.15) is 39.2 Å². The van der Waals surface area contributed by atoms with Crippen molar-refractivity contribution in [2.24, 2.45) is 5.92 Å². The van der Waals surface area contributed by atoms with Crippen LogP contribution in [0.3, 0.4) is 0 Å². The van der Waals surface area contributed by atoms with Crippen LogP contribution in [0, 0.1) is 5.92 Å². The molecule has 116 valence electrons. The second-order valence-corrected chi connectivity index (χ2v) is 6.62. The molecule has 0 atom stereocenters. The Kier molecular flexibility index (Phi) is 4.88. The maximum atomic E-state index is 12.1. The van der Waals surface area contributed by atoms with E-state index in [-0.39, 0.29) is 18.5 Å². The Morgan fingerprint density at radius 3 is 2.57 bits per heavy atom. The number of piperidine rings is 1. The zero-order valence-corrected chi connectivity index (χ0v) is 13.1. The maximum Gasteiger partial charge on any atom is 0.309 e. The summed E-state index contributed by atoms with van der Waals surface area (Å²) >= 11 is 0. The van der Waals surface area contributed by atoms with Gasteiger partial charge in [-0.25, -0.2) is 0 Å². The van der Waals surface area contributed by atoms with E-state index in [1.54, 1.807) is 0 Å². The molecule has 1 aliphatic heterocycles. The molecule has 0 aromatic heterocycles. The lowest BCUT2D eigenvalue weighted by atomic mass is 9.96. The van der Waals surface area contributed by atoms with Gasteiger partial charge in [0.2, 0.25) is 0 Å². The zero-order chi connectivity index (χ0) is 15.5. The molecule has 0 bridgehead atoms. The first kappa shape index (κ1) is 15.8. The molecule has 0 radical (unpaired) electrons. The molecule has 1 aromatic rings. The third-order valence-corrected chi connectivity index (χ3v) is 3.69. The minimum Gasteiger partial charge on any atom is -0.460 e. The molecule has 1 saturated heterocycles. The predicted molar refractivity (Wildman–Crippen MR) is 83.1 cm³/mol. The summed E-state index contributed by atoms with van der Waals surface area (Å²) < 4.78 is 5.46. The van der Waals surface area contributed by atoms with Crippen LogP contribution < -0.4 is 4.90 Å². The predicted octanol–water partition coefficient (Wildman–Crippen LogP) is 2.74. The zero-order valence-electron chi connectivity index (χ0n) is 13.1. The normalized spacial score (nSPS) is 16.9. The van der Waals surface area contributed by atoms with Crippen molar-refractivity contribution >= 4 is 11.7 Å². The summed E-state index contributed by atoms with van der Waals surface area (Å²) in [6.07, 6.45) is 1.64. The second-order valence-electron chi connectivity index (χ2n) is 6.62. The second kappa shape index (κ2) is 6.48. The van der Waals surface area contributed by atoms with Gasteiger partial charge in [0.05, 0.1) is 12.5 Å². The molecule has 4 heteroatoms. The van der Waals surface area contributed by atoms with Crippen molar-refractivity contribution in [3.8, 4) is 0 Å². The van der Waals surface area contributed by atoms with Crippen LogP contribution >= 0.6 is 0 Å². The van der Waals surface area contributed by atoms with Gasteiger partial charge >= 0.3 is 5.97 Å². The number of rotatable bonds is 3. The van der Waals surface area contributed by atoms with Crippen molar-refractivity contribution in [3.05, 3.63) is 29.8 Å². The van der Waals surface area contributed by atoms with E-state index in [4.69, 9.17) is 4.74 Å². The van der Waals surface area contributed by atoms with E-state index in [0.717, 1.165) is 37.2 Å². The number of carbonyl (C=O) groups excluding carboxylic acids is 1. The Hall–Kier alpha value is -1.55. The highest BCUT2D eigenvalue weighted by molar-refractivity contribution is 5.73. The van der Waals surface area contributed by atoms with Crippen LogP contribution in [0.2, 0.25) is 0 Å². The fraction of sp³-hybridized carbons (Fsp3) is 0.588. The highest BCUT2D eigenvalue weighted by Crippen LogP contribution is 2.26. The third kappa shape index (κ3) is 4.46. The molecule has 1 aromatic carbocycles. The quantitative estimate of drug-likeness (QED) is 0.870. The summed E-state index contributed by atoms with van der Waals surface area (Å²) in [4.78, 5) is 14.3. The standard InChI is InChI=1S/C17H25NO3/c1-17(2,3)21-16(20)14-7-9-18(10-8-14)15-6-4-5-13(11-15)12-19/h4-6,11,14,19H,7-10,12H2,1-3H3. The average Bonchev–Trinajstić information content (AvgIpc) is 2.46. The van der Waals surface area contributed by atoms with Crippen molar-refractivity contribution < 1.29 is 14.6 Å². The monoisotopic (exact) mass is 291 g/mol. The van der Waals surface area contributed by atoms with Gasteiger partial charge in [0.25, 0.3) is 0 Å². The van der Waals surface area contributed by atoms with Crippen molar-refractivity contribution in [1.82, 2.24) is 0 Å². The number of carbonyl (C=O) groups is 1. The lowest BCUT2D eigenvalue weighted by molar-refractivity contribution is -0.160. The number of aliphatic hydroxyl groups is 1. The first-order valence-electron chi connectivity index (χ1n) is 7.56. The summed E-state index contributed by atoms with van der Waals surface area (Å²) in [6.45, 7) is 7.46. The van der Waals surface area contributed by atoms with Crippen LogP contribution in [0.25, 0.3) is 0 Å². The summed E-state index contributed by atoms with van der Waals surface area (Å²) in [5.74, 6) is -0.0761. The van der Waals surface area contributed by atoms with Gasteiger partial charge in [-0.05, 0) is 51.3 Å². The van der Waals surface area contributed by atoms with E-state index in [1.807, 2.05) is 45.0 Å². The largest absolute Gasteiger partial charge is 0.460 e. The van der Waals surface area contributed by atoms with Gasteiger partial charge in [-0.2, -0.15) is 0 Å². The first-order valence-corrected chi connectivity index (χ1v) is 7.56. The maximum absolute atomic E-state index is 12.1. The Balaban J connectivity index is 1.92. The van der Waals surface area contributed by atoms with Gasteiger partial charge in [-0.15, -0.1) is 0 Å². The van der Waals surface area contributed by atoms with Crippen LogP contribution in [-0.4, -0.2) is 29.8 Å². The van der Waals surface area contributed by atoms with E-state index in [2.05, 4.69) is 4.90 Å². The van der Waals surface area contributed by atoms with E-state index >= 15 is 0 Å². The molecule has 1 N–H and O–H groups in total. The number of ether oxygens (including phenoxy) is 1. The Morgan fingerprint density at radius 1 is 1.33 bits per heavy atom. The van der Waals surface area contributed by atoms with Gasteiger partial charge < -0.3 is 14.7 Å². The molecule has 0 saturated carbocycles. The van der Waals surface area contributed by atoms with E-state index in [1.165, 1.54) is 0 Å². The molecule has 2 rings (SSSR count). The van der Waals surface area contributed by atoms with Crippen LogP contribution in [0.4, 0.5) is 5.69 Å². The molecular formula is C17H25NO3. The van der Waals surface area contributed by atoms with E-state index in [9.17, 15) is 9.90 Å². The molecular weight excluding hydrogens is 266 g/mol. The molecule has 0 unspecified atom stereocenters. The van der Waals surface area contributed by atoms with Crippen molar-refractivity contribution in [2.45, 2.75) is 45.8 Å². The van der Waals surface area contributed by atoms with Crippen molar-refractivity contribution in [3.63, 3.8) is 0 Å². The average molecular weight is 291 g/mol. The lowest BCUT2D eigenvalue weighted by Crippen LogP contribution is -2.38. The summed E-state index contributed by atoms with van der Waals surface area (Å²) in [5.41, 5.74) is 1.62. The molecule has 1 aliphatic rings.